The normalized spacial score (nSPS) is 4.55. The molecule has 11 heavy (non-hydrogen) atoms. The highest BCUT2D eigenvalue weighted by molar-refractivity contribution is 8.93. The predicted octanol–water partition coefficient (Wildman–Crippen LogP) is 3.45. The lowest BCUT2D eigenvalue weighted by molar-refractivity contribution is 1.15. The lowest BCUT2D eigenvalue weighted by Crippen LogP contribution is -1.47. The van der Waals surface area contributed by atoms with Crippen molar-refractivity contribution in [3.05, 3.63) is 36.4 Å². The van der Waals surface area contributed by atoms with Crippen molar-refractivity contribution in [1.29, 1.82) is 10.8 Å². The molecule has 0 aliphatic rings. The average molecular weight is 349 g/mol. The Kier molecular flexibility index (Phi) is 45.9. The van der Waals surface area contributed by atoms with Crippen LogP contribution in [0.3, 0.4) is 0 Å². The number of hydrogen-bond donors (Lipinski definition) is 0. The number of nitrogens with zero attached hydrogens (tertiary/aromatic N) is 2. The molecule has 0 atom stereocenters. The third-order valence-corrected chi connectivity index (χ3v) is 0.667. The van der Waals surface area contributed by atoms with Crippen LogP contribution in [0.1, 0.15) is 0 Å². The summed E-state index contributed by atoms with van der Waals surface area (Å²) in [5.74, 6) is 0. The molecule has 0 bridgehead atoms. The lowest BCUT2D eigenvalue weighted by atomic mass is 10.4. The molecule has 0 unspecified atom stereocenters. The molecule has 0 heterocycles. The number of rotatable bonds is 0. The number of halogens is 3. The molecule has 1 aromatic carbocycles. The van der Waals surface area contributed by atoms with Gasteiger partial charge in [0.05, 0.1) is 0 Å². The van der Waals surface area contributed by atoms with Gasteiger partial charge < -0.3 is 0 Å². The second-order valence-corrected chi connectivity index (χ2v) is 1.15. The van der Waals surface area contributed by atoms with Gasteiger partial charge >= 0.3 is 0 Å². The van der Waals surface area contributed by atoms with E-state index in [1.807, 2.05) is 36.4 Å². The van der Waals surface area contributed by atoms with E-state index >= 15 is 0 Å². The van der Waals surface area contributed by atoms with Crippen molar-refractivity contribution >= 4 is 50.9 Å². The van der Waals surface area contributed by atoms with Gasteiger partial charge in [0, 0.05) is 10.8 Å². The van der Waals surface area contributed by atoms with Crippen molar-refractivity contribution in [1.82, 2.24) is 0 Å². The SMILES string of the molecule is Br.Br.Br.N#N.c1ccccc1. The lowest BCUT2D eigenvalue weighted by Gasteiger charge is -1.69. The van der Waals surface area contributed by atoms with Gasteiger partial charge in [0.1, 0.15) is 0 Å². The van der Waals surface area contributed by atoms with E-state index in [0.29, 0.717) is 0 Å². The summed E-state index contributed by atoms with van der Waals surface area (Å²) < 4.78 is 0. The van der Waals surface area contributed by atoms with E-state index in [-0.39, 0.29) is 50.9 Å². The maximum absolute atomic E-state index is 6.00. The minimum atomic E-state index is 0. The molecule has 2 nitrogen and oxygen atoms in total. The standard InChI is InChI=1S/C6H6.3BrH.N2/c1-2-4-6-5-3-1;;;;1-2/h1-6H;3*1H;. The third-order valence-electron chi connectivity index (χ3n) is 0.667. The summed E-state index contributed by atoms with van der Waals surface area (Å²) in [5.41, 5.74) is 0. The second-order valence-electron chi connectivity index (χ2n) is 1.15. The molecule has 0 aromatic heterocycles. The van der Waals surface area contributed by atoms with Gasteiger partial charge in [-0.05, 0) is 0 Å². The molecule has 0 amide bonds. The quantitative estimate of drug-likeness (QED) is 0.674. The van der Waals surface area contributed by atoms with Crippen molar-refractivity contribution in [2.75, 3.05) is 0 Å². The molecule has 1 rings (SSSR count). The molecular weight excluding hydrogens is 340 g/mol. The Morgan fingerprint density at radius 3 is 0.636 bits per heavy atom. The van der Waals surface area contributed by atoms with Gasteiger partial charge in [0.25, 0.3) is 0 Å². The first-order valence-corrected chi connectivity index (χ1v) is 2.20. The fourth-order valence-electron chi connectivity index (χ4n) is 0.385. The van der Waals surface area contributed by atoms with Gasteiger partial charge in [-0.15, -0.1) is 50.9 Å². The van der Waals surface area contributed by atoms with E-state index in [1.54, 1.807) is 0 Å². The highest BCUT2D eigenvalue weighted by Crippen LogP contribution is 1.79. The highest BCUT2D eigenvalue weighted by atomic mass is 79.9. The van der Waals surface area contributed by atoms with Crippen molar-refractivity contribution < 1.29 is 0 Å². The van der Waals surface area contributed by atoms with E-state index in [4.69, 9.17) is 10.8 Å². The summed E-state index contributed by atoms with van der Waals surface area (Å²) in [6.45, 7) is 0. The molecule has 0 aliphatic carbocycles. The van der Waals surface area contributed by atoms with Crippen LogP contribution in [0.2, 0.25) is 0 Å². The van der Waals surface area contributed by atoms with Crippen molar-refractivity contribution in [3.8, 4) is 0 Å². The van der Waals surface area contributed by atoms with Crippen LogP contribution in [0.5, 0.6) is 0 Å². The van der Waals surface area contributed by atoms with Crippen LogP contribution in [-0.2, 0) is 0 Å². The molecule has 0 saturated carbocycles. The van der Waals surface area contributed by atoms with E-state index in [9.17, 15) is 0 Å². The van der Waals surface area contributed by atoms with Crippen LogP contribution in [0.15, 0.2) is 36.4 Å². The molecule has 0 aliphatic heterocycles. The zero-order chi connectivity index (χ0) is 6.24. The van der Waals surface area contributed by atoms with E-state index in [0.717, 1.165) is 0 Å². The molecule has 0 fully saturated rings. The van der Waals surface area contributed by atoms with Gasteiger partial charge in [-0.25, -0.2) is 0 Å². The molecule has 64 valence electrons. The third kappa shape index (κ3) is 17.8. The van der Waals surface area contributed by atoms with Crippen LogP contribution in [0.4, 0.5) is 0 Å². The van der Waals surface area contributed by atoms with Crippen molar-refractivity contribution in [2.24, 2.45) is 0 Å². The number of benzene rings is 1. The van der Waals surface area contributed by atoms with Crippen LogP contribution in [0.25, 0.3) is 0 Å². The molecule has 0 N–H and O–H groups in total. The Bertz CT molecular complexity index is 116. The van der Waals surface area contributed by atoms with Gasteiger partial charge in [-0.1, -0.05) is 36.4 Å². The Morgan fingerprint density at radius 2 is 0.545 bits per heavy atom. The maximum Gasteiger partial charge on any atom is 0 e. The Labute approximate surface area is 97.7 Å². The van der Waals surface area contributed by atoms with Crippen LogP contribution >= 0.6 is 50.9 Å². The summed E-state index contributed by atoms with van der Waals surface area (Å²) in [7, 11) is 0. The Balaban J connectivity index is -0.0000000459. The molecular formula is C6H9Br3N2. The fraction of sp³-hybridized carbons (Fsp3) is 0. The van der Waals surface area contributed by atoms with Crippen molar-refractivity contribution in [2.45, 2.75) is 0 Å². The van der Waals surface area contributed by atoms with Gasteiger partial charge in [0.2, 0.25) is 0 Å². The van der Waals surface area contributed by atoms with Crippen LogP contribution in [-0.4, -0.2) is 0 Å². The zero-order valence-electron chi connectivity index (χ0n) is 5.58. The van der Waals surface area contributed by atoms with E-state index in [1.165, 1.54) is 0 Å². The minimum absolute atomic E-state index is 0. The van der Waals surface area contributed by atoms with Gasteiger partial charge in [-0.3, -0.25) is 0 Å². The Morgan fingerprint density at radius 1 is 0.455 bits per heavy atom. The maximum atomic E-state index is 6.00. The average Bonchev–Trinajstić information content (AvgIpc) is 1.96. The van der Waals surface area contributed by atoms with E-state index in [2.05, 4.69) is 0 Å². The van der Waals surface area contributed by atoms with Crippen LogP contribution < -0.4 is 0 Å². The largest absolute Gasteiger partial charge is 0.114 e. The second kappa shape index (κ2) is 22.5. The summed E-state index contributed by atoms with van der Waals surface area (Å²) in [4.78, 5) is 0. The summed E-state index contributed by atoms with van der Waals surface area (Å²) in [5, 5.41) is 12.0. The fourth-order valence-corrected chi connectivity index (χ4v) is 0.385. The Hall–Kier alpha value is 0.0800. The first-order chi connectivity index (χ1) is 4.00. The smallest absolute Gasteiger partial charge is 0 e. The molecule has 1 aromatic rings. The van der Waals surface area contributed by atoms with E-state index < -0.39 is 0 Å². The first kappa shape index (κ1) is 22.5. The molecule has 0 radical (unpaired) electrons. The summed E-state index contributed by atoms with van der Waals surface area (Å²) in [6.07, 6.45) is 0. The monoisotopic (exact) mass is 346 g/mol. The molecule has 0 saturated heterocycles. The highest BCUT2D eigenvalue weighted by Gasteiger charge is 1.57. The van der Waals surface area contributed by atoms with Crippen molar-refractivity contribution in [3.63, 3.8) is 0 Å². The number of hydrogen-bond acceptors (Lipinski definition) is 2. The van der Waals surface area contributed by atoms with Gasteiger partial charge in [-0.2, -0.15) is 0 Å². The first-order valence-electron chi connectivity index (χ1n) is 2.20. The summed E-state index contributed by atoms with van der Waals surface area (Å²) in [6, 6.07) is 12.0. The van der Waals surface area contributed by atoms with Crippen LogP contribution in [0, 0.1) is 10.8 Å². The molecule has 0 spiro atoms. The zero-order valence-corrected chi connectivity index (χ0v) is 10.7. The van der Waals surface area contributed by atoms with Gasteiger partial charge in [0.15, 0.2) is 0 Å². The topological polar surface area (TPSA) is 47.6 Å². The predicted molar refractivity (Wildman–Crippen MR) is 60.9 cm³/mol. The molecule has 5 heteroatoms. The minimum Gasteiger partial charge on any atom is -0.114 e. The summed E-state index contributed by atoms with van der Waals surface area (Å²) >= 11 is 0.